The van der Waals surface area contributed by atoms with Crippen LogP contribution in [0.25, 0.3) is 0 Å². The van der Waals surface area contributed by atoms with Gasteiger partial charge in [0.15, 0.2) is 5.82 Å². The van der Waals surface area contributed by atoms with Crippen LogP contribution in [0.3, 0.4) is 0 Å². The first-order chi connectivity index (χ1) is 14.8. The Balaban J connectivity index is 1.64. The highest BCUT2D eigenvalue weighted by molar-refractivity contribution is 5.95. The van der Waals surface area contributed by atoms with Crippen LogP contribution in [0.4, 0.5) is 5.82 Å². The summed E-state index contributed by atoms with van der Waals surface area (Å²) in [5.41, 5.74) is 1.43. The second kappa shape index (κ2) is 8.56. The molecule has 4 heterocycles. The van der Waals surface area contributed by atoms with Crippen LogP contribution in [-0.2, 0) is 22.6 Å². The van der Waals surface area contributed by atoms with Crippen molar-refractivity contribution in [3.63, 3.8) is 0 Å². The second-order valence-electron chi connectivity index (χ2n) is 8.64. The largest absolute Gasteiger partial charge is 0.347 e. The Morgan fingerprint density at radius 1 is 1.23 bits per heavy atom. The van der Waals surface area contributed by atoms with Crippen molar-refractivity contribution in [2.75, 3.05) is 18.0 Å². The van der Waals surface area contributed by atoms with Gasteiger partial charge in [0.05, 0.1) is 6.04 Å². The number of carbonyl (C=O) groups excluding carboxylic acids is 2. The van der Waals surface area contributed by atoms with Gasteiger partial charge in [-0.05, 0) is 38.2 Å². The van der Waals surface area contributed by atoms with E-state index in [1.807, 2.05) is 6.92 Å². The van der Waals surface area contributed by atoms with Gasteiger partial charge >= 0.3 is 5.69 Å². The average Bonchev–Trinajstić information content (AvgIpc) is 3.21. The van der Waals surface area contributed by atoms with E-state index in [4.69, 9.17) is 9.97 Å². The fourth-order valence-electron chi connectivity index (χ4n) is 4.38. The van der Waals surface area contributed by atoms with Crippen LogP contribution >= 0.6 is 0 Å². The second-order valence-corrected chi connectivity index (χ2v) is 8.64. The highest BCUT2D eigenvalue weighted by atomic mass is 16.2. The van der Waals surface area contributed by atoms with Crippen LogP contribution in [0.5, 0.6) is 0 Å². The molecule has 4 rings (SSSR count). The molecule has 2 aliphatic heterocycles. The van der Waals surface area contributed by atoms with Crippen LogP contribution in [0.2, 0.25) is 0 Å². The van der Waals surface area contributed by atoms with Crippen molar-refractivity contribution in [2.24, 2.45) is 5.92 Å². The van der Waals surface area contributed by atoms with Gasteiger partial charge in [-0.25, -0.2) is 19.7 Å². The van der Waals surface area contributed by atoms with Gasteiger partial charge < -0.3 is 4.90 Å². The maximum Gasteiger partial charge on any atom is 0.347 e. The van der Waals surface area contributed by atoms with Crippen molar-refractivity contribution < 1.29 is 9.59 Å². The lowest BCUT2D eigenvalue weighted by Crippen LogP contribution is -2.40. The number of hydrogen-bond donors (Lipinski definition) is 0. The number of carbonyl (C=O) groups is 2. The smallest absolute Gasteiger partial charge is 0.331 e. The Morgan fingerprint density at radius 2 is 2.03 bits per heavy atom. The van der Waals surface area contributed by atoms with E-state index in [-0.39, 0.29) is 24.4 Å². The molecule has 164 valence electrons. The van der Waals surface area contributed by atoms with Gasteiger partial charge in [-0.1, -0.05) is 13.8 Å². The summed E-state index contributed by atoms with van der Waals surface area (Å²) in [5, 5.41) is 0. The molecule has 2 aliphatic rings. The van der Waals surface area contributed by atoms with Gasteiger partial charge in [-0.15, -0.1) is 0 Å². The van der Waals surface area contributed by atoms with Crippen molar-refractivity contribution in [3.8, 4) is 0 Å². The summed E-state index contributed by atoms with van der Waals surface area (Å²) >= 11 is 0. The van der Waals surface area contributed by atoms with Crippen molar-refractivity contribution >= 4 is 17.6 Å². The molecule has 0 aromatic carbocycles. The lowest BCUT2D eigenvalue weighted by atomic mass is 10.0. The van der Waals surface area contributed by atoms with Crippen LogP contribution in [-0.4, -0.2) is 49.3 Å². The Bertz CT molecular complexity index is 1060. The highest BCUT2D eigenvalue weighted by Gasteiger charge is 2.35. The van der Waals surface area contributed by atoms with E-state index in [1.165, 1.54) is 10.8 Å². The molecular weight excluding hydrogens is 396 g/mol. The minimum atomic E-state index is -0.449. The van der Waals surface area contributed by atoms with Crippen LogP contribution in [0.1, 0.15) is 56.2 Å². The van der Waals surface area contributed by atoms with Crippen LogP contribution < -0.4 is 10.6 Å². The lowest BCUT2D eigenvalue weighted by molar-refractivity contribution is -0.133. The van der Waals surface area contributed by atoms with Gasteiger partial charge in [0.1, 0.15) is 12.4 Å². The molecule has 2 amide bonds. The molecule has 9 heteroatoms. The van der Waals surface area contributed by atoms with Crippen molar-refractivity contribution in [1.82, 2.24) is 24.4 Å². The van der Waals surface area contributed by atoms with E-state index >= 15 is 0 Å². The highest BCUT2D eigenvalue weighted by Crippen LogP contribution is 2.34. The zero-order valence-electron chi connectivity index (χ0n) is 18.2. The quantitative estimate of drug-likeness (QED) is 0.723. The van der Waals surface area contributed by atoms with E-state index in [1.54, 1.807) is 22.1 Å². The van der Waals surface area contributed by atoms with Crippen LogP contribution in [0, 0.1) is 12.8 Å². The molecule has 0 radical (unpaired) electrons. The molecule has 0 bridgehead atoms. The maximum atomic E-state index is 13.0. The number of nitrogens with zero attached hydrogens (tertiary/aromatic N) is 6. The number of likely N-dealkylation sites (tertiary alicyclic amines) is 1. The minimum absolute atomic E-state index is 0.0644. The molecule has 0 N–H and O–H groups in total. The van der Waals surface area contributed by atoms with Gasteiger partial charge in [-0.3, -0.25) is 19.1 Å². The third kappa shape index (κ3) is 4.22. The summed E-state index contributed by atoms with van der Waals surface area (Å²) in [7, 11) is 0. The lowest BCUT2D eigenvalue weighted by Gasteiger charge is -2.32. The Kier molecular flexibility index (Phi) is 5.84. The maximum absolute atomic E-state index is 13.0. The molecular formula is C22H28N6O3. The number of hydrogen-bond acceptors (Lipinski definition) is 6. The Labute approximate surface area is 181 Å². The van der Waals surface area contributed by atoms with Gasteiger partial charge in [0.2, 0.25) is 11.8 Å². The van der Waals surface area contributed by atoms with Gasteiger partial charge in [0.25, 0.3) is 0 Å². The molecule has 1 atom stereocenters. The molecule has 1 fully saturated rings. The van der Waals surface area contributed by atoms with Crippen molar-refractivity contribution in [1.29, 1.82) is 0 Å². The Morgan fingerprint density at radius 3 is 2.77 bits per heavy atom. The third-order valence-corrected chi connectivity index (χ3v) is 5.86. The summed E-state index contributed by atoms with van der Waals surface area (Å²) in [6, 6.07) is 1.37. The number of fused-ring (bicyclic) bond motifs is 1. The predicted molar refractivity (Wildman–Crippen MR) is 114 cm³/mol. The first kappa shape index (κ1) is 21.1. The third-order valence-electron chi connectivity index (χ3n) is 5.86. The molecule has 2 aromatic rings. The summed E-state index contributed by atoms with van der Waals surface area (Å²) in [6.07, 6.45) is 5.68. The number of rotatable bonds is 5. The van der Waals surface area contributed by atoms with Crippen molar-refractivity contribution in [2.45, 2.75) is 59.0 Å². The molecule has 0 spiro atoms. The van der Waals surface area contributed by atoms with E-state index in [2.05, 4.69) is 18.8 Å². The first-order valence-electron chi connectivity index (χ1n) is 10.8. The summed E-state index contributed by atoms with van der Waals surface area (Å²) in [6.45, 7) is 7.24. The topological polar surface area (TPSA) is 101 Å². The van der Waals surface area contributed by atoms with Gasteiger partial charge in [-0.2, -0.15) is 0 Å². The molecule has 0 saturated carbocycles. The van der Waals surface area contributed by atoms with Gasteiger partial charge in [0, 0.05) is 43.2 Å². The molecule has 0 unspecified atom stereocenters. The molecule has 1 saturated heterocycles. The number of amides is 2. The SMILES string of the molecule is Cc1nc([C@H]2CCCN2C(=O)Cn2cccnc2=O)nc2c1CCC(=O)N2CC(C)C. The zero-order chi connectivity index (χ0) is 22.1. The van der Waals surface area contributed by atoms with Crippen LogP contribution in [0.15, 0.2) is 23.3 Å². The number of aryl methyl sites for hydroxylation is 1. The average molecular weight is 425 g/mol. The van der Waals surface area contributed by atoms with E-state index < -0.39 is 5.69 Å². The van der Waals surface area contributed by atoms with E-state index in [0.717, 1.165) is 24.1 Å². The summed E-state index contributed by atoms with van der Waals surface area (Å²) in [5.74, 6) is 1.50. The normalized spacial score (nSPS) is 18.6. The van der Waals surface area contributed by atoms with E-state index in [9.17, 15) is 14.4 Å². The standard InChI is InChI=1S/C22H28N6O3/c1-14(2)12-28-18(29)8-7-16-15(3)24-20(25-21(16)28)17-6-4-11-27(17)19(30)13-26-10-5-9-23-22(26)31/h5,9-10,14,17H,4,6-8,11-13H2,1-3H3/t17-/m1/s1. The Hall–Kier alpha value is -3.10. The molecule has 2 aromatic heterocycles. The van der Waals surface area contributed by atoms with Crippen molar-refractivity contribution in [3.05, 3.63) is 46.0 Å². The summed E-state index contributed by atoms with van der Waals surface area (Å²) < 4.78 is 1.31. The fraction of sp³-hybridized carbons (Fsp3) is 0.545. The molecule has 0 aliphatic carbocycles. The fourth-order valence-corrected chi connectivity index (χ4v) is 4.38. The molecule has 9 nitrogen and oxygen atoms in total. The molecule has 31 heavy (non-hydrogen) atoms. The predicted octanol–water partition coefficient (Wildman–Crippen LogP) is 1.64. The monoisotopic (exact) mass is 424 g/mol. The number of aromatic nitrogens is 4. The zero-order valence-corrected chi connectivity index (χ0v) is 18.2. The van der Waals surface area contributed by atoms with E-state index in [0.29, 0.717) is 43.5 Å². The minimum Gasteiger partial charge on any atom is -0.331 e. The first-order valence-corrected chi connectivity index (χ1v) is 10.8. The summed E-state index contributed by atoms with van der Waals surface area (Å²) in [4.78, 5) is 54.3. The number of anilines is 1.